The van der Waals surface area contributed by atoms with Crippen molar-refractivity contribution in [3.63, 3.8) is 0 Å². The zero-order valence-corrected chi connectivity index (χ0v) is 11.7. The van der Waals surface area contributed by atoms with Gasteiger partial charge in [-0.05, 0) is 18.6 Å². The number of ether oxygens (including phenoxy) is 1. The van der Waals surface area contributed by atoms with Crippen LogP contribution >= 0.6 is 12.2 Å². The zero-order valence-electron chi connectivity index (χ0n) is 9.87. The lowest BCUT2D eigenvalue weighted by molar-refractivity contribution is 0.121. The molecular formula is C9H20O4SSi. The van der Waals surface area contributed by atoms with Gasteiger partial charge in [0.25, 0.3) is 0 Å². The lowest BCUT2D eigenvalue weighted by Crippen LogP contribution is -2.42. The Morgan fingerprint density at radius 1 is 1.13 bits per heavy atom. The molecule has 4 nitrogen and oxygen atoms in total. The third-order valence-corrected chi connectivity index (χ3v) is 5.35. The molecule has 6 heteroatoms. The van der Waals surface area contributed by atoms with Gasteiger partial charge in [-0.15, -0.1) is 0 Å². The van der Waals surface area contributed by atoms with E-state index in [1.807, 2.05) is 6.92 Å². The molecule has 0 aromatic heterocycles. The zero-order chi connectivity index (χ0) is 11.7. The fraction of sp³-hybridized carbons (Fsp3) is 0.889. The van der Waals surface area contributed by atoms with E-state index in [0.717, 1.165) is 18.9 Å². The van der Waals surface area contributed by atoms with Crippen molar-refractivity contribution in [2.24, 2.45) is 0 Å². The Bertz CT molecular complexity index is 177. The third kappa shape index (κ3) is 5.57. The van der Waals surface area contributed by atoms with Gasteiger partial charge in [-0.3, -0.25) is 0 Å². The molecule has 15 heavy (non-hydrogen) atoms. The molecular weight excluding hydrogens is 232 g/mol. The van der Waals surface area contributed by atoms with Crippen molar-refractivity contribution in [3.8, 4) is 0 Å². The molecule has 0 bridgehead atoms. The van der Waals surface area contributed by atoms with E-state index in [-0.39, 0.29) is 0 Å². The van der Waals surface area contributed by atoms with E-state index in [9.17, 15) is 0 Å². The summed E-state index contributed by atoms with van der Waals surface area (Å²) in [4.78, 5) is 0. The lowest BCUT2D eigenvalue weighted by Gasteiger charge is -2.24. The minimum absolute atomic E-state index is 0.595. The topological polar surface area (TPSA) is 36.9 Å². The van der Waals surface area contributed by atoms with E-state index in [1.165, 1.54) is 0 Å². The molecule has 0 unspecified atom stereocenters. The standard InChI is InChI=1S/C9H20O4SSi/c1-5-9(14)13-7-6-8-15(10-2,11-3)12-4/h5-8H2,1-4H3. The summed E-state index contributed by atoms with van der Waals surface area (Å²) in [5.41, 5.74) is 0. The Morgan fingerprint density at radius 3 is 2.07 bits per heavy atom. The monoisotopic (exact) mass is 252 g/mol. The van der Waals surface area contributed by atoms with Gasteiger partial charge in [0, 0.05) is 33.8 Å². The van der Waals surface area contributed by atoms with Crippen LogP contribution in [-0.4, -0.2) is 41.8 Å². The fourth-order valence-corrected chi connectivity index (χ4v) is 2.91. The van der Waals surface area contributed by atoms with Gasteiger partial charge < -0.3 is 18.0 Å². The maximum atomic E-state index is 5.31. The maximum absolute atomic E-state index is 5.31. The summed E-state index contributed by atoms with van der Waals surface area (Å²) in [6.45, 7) is 2.57. The Labute approximate surface area is 98.2 Å². The second-order valence-electron chi connectivity index (χ2n) is 2.97. The molecule has 0 atom stereocenters. The molecule has 90 valence electrons. The predicted octanol–water partition coefficient (Wildman–Crippen LogP) is 2.01. The minimum atomic E-state index is -2.42. The van der Waals surface area contributed by atoms with Crippen LogP contribution in [0.15, 0.2) is 0 Å². The Morgan fingerprint density at radius 2 is 1.67 bits per heavy atom. The molecule has 0 fully saturated rings. The number of thiocarbonyl (C=S) groups is 1. The van der Waals surface area contributed by atoms with Crippen molar-refractivity contribution in [1.29, 1.82) is 0 Å². The average molecular weight is 252 g/mol. The molecule has 0 spiro atoms. The first kappa shape index (κ1) is 15.0. The predicted molar refractivity (Wildman–Crippen MR) is 65.0 cm³/mol. The molecule has 0 aliphatic carbocycles. The second-order valence-corrected chi connectivity index (χ2v) is 6.52. The van der Waals surface area contributed by atoms with Crippen LogP contribution in [0.25, 0.3) is 0 Å². The van der Waals surface area contributed by atoms with Crippen molar-refractivity contribution in [2.45, 2.75) is 25.8 Å². The van der Waals surface area contributed by atoms with E-state index < -0.39 is 8.80 Å². The summed E-state index contributed by atoms with van der Waals surface area (Å²) in [6.07, 6.45) is 1.60. The molecule has 0 saturated heterocycles. The molecule has 0 rings (SSSR count). The highest BCUT2D eigenvalue weighted by Crippen LogP contribution is 2.14. The van der Waals surface area contributed by atoms with Gasteiger partial charge in [0.15, 0.2) is 5.05 Å². The fourth-order valence-electron chi connectivity index (χ4n) is 1.13. The maximum Gasteiger partial charge on any atom is 0.500 e. The molecule has 0 amide bonds. The largest absolute Gasteiger partial charge is 0.500 e. The summed E-state index contributed by atoms with van der Waals surface area (Å²) in [7, 11) is 2.40. The normalized spacial score (nSPS) is 11.5. The summed E-state index contributed by atoms with van der Waals surface area (Å²) >= 11 is 4.94. The van der Waals surface area contributed by atoms with Crippen LogP contribution in [0.2, 0.25) is 6.04 Å². The van der Waals surface area contributed by atoms with Gasteiger partial charge in [0.1, 0.15) is 0 Å². The van der Waals surface area contributed by atoms with E-state index in [0.29, 0.717) is 11.7 Å². The Kier molecular flexibility index (Phi) is 8.17. The van der Waals surface area contributed by atoms with Gasteiger partial charge in [0.05, 0.1) is 6.61 Å². The molecule has 0 radical (unpaired) electrons. The summed E-state index contributed by atoms with van der Waals surface area (Å²) in [5, 5.41) is 0.648. The molecule has 0 aromatic carbocycles. The highest BCUT2D eigenvalue weighted by molar-refractivity contribution is 7.80. The molecule has 0 aliphatic rings. The molecule has 0 aliphatic heterocycles. The van der Waals surface area contributed by atoms with Crippen LogP contribution in [0.3, 0.4) is 0 Å². The van der Waals surface area contributed by atoms with E-state index in [4.69, 9.17) is 30.2 Å². The first-order valence-electron chi connectivity index (χ1n) is 4.95. The molecule has 0 saturated carbocycles. The minimum Gasteiger partial charge on any atom is -0.487 e. The van der Waals surface area contributed by atoms with Gasteiger partial charge in [-0.2, -0.15) is 0 Å². The van der Waals surface area contributed by atoms with E-state index in [1.54, 1.807) is 21.3 Å². The van der Waals surface area contributed by atoms with Gasteiger partial charge in [-0.1, -0.05) is 6.92 Å². The smallest absolute Gasteiger partial charge is 0.487 e. The quantitative estimate of drug-likeness (QED) is 0.375. The van der Waals surface area contributed by atoms with Gasteiger partial charge in [-0.25, -0.2) is 0 Å². The Balaban J connectivity index is 3.76. The molecule has 0 N–H and O–H groups in total. The first-order valence-corrected chi connectivity index (χ1v) is 7.29. The van der Waals surface area contributed by atoms with Crippen molar-refractivity contribution in [3.05, 3.63) is 0 Å². The van der Waals surface area contributed by atoms with Crippen LogP contribution in [0.1, 0.15) is 19.8 Å². The summed E-state index contributed by atoms with van der Waals surface area (Å²) in [6, 6.07) is 0.739. The van der Waals surface area contributed by atoms with Crippen molar-refractivity contribution in [2.75, 3.05) is 27.9 Å². The van der Waals surface area contributed by atoms with Gasteiger partial charge in [0.2, 0.25) is 0 Å². The molecule has 0 aromatic rings. The van der Waals surface area contributed by atoms with Crippen LogP contribution in [0.5, 0.6) is 0 Å². The average Bonchev–Trinajstić information content (AvgIpc) is 2.30. The van der Waals surface area contributed by atoms with Crippen LogP contribution in [0, 0.1) is 0 Å². The van der Waals surface area contributed by atoms with Crippen molar-refractivity contribution in [1.82, 2.24) is 0 Å². The number of hydrogen-bond donors (Lipinski definition) is 0. The van der Waals surface area contributed by atoms with Crippen LogP contribution in [0.4, 0.5) is 0 Å². The summed E-state index contributed by atoms with van der Waals surface area (Å²) in [5.74, 6) is 0. The van der Waals surface area contributed by atoms with Crippen molar-refractivity contribution >= 4 is 26.1 Å². The van der Waals surface area contributed by atoms with E-state index >= 15 is 0 Å². The lowest BCUT2D eigenvalue weighted by atomic mass is 10.5. The highest BCUT2D eigenvalue weighted by Gasteiger charge is 2.36. The van der Waals surface area contributed by atoms with Crippen molar-refractivity contribution < 1.29 is 18.0 Å². The Hall–Kier alpha value is -0.0131. The molecule has 0 heterocycles. The third-order valence-electron chi connectivity index (χ3n) is 2.11. The summed E-state index contributed by atoms with van der Waals surface area (Å²) < 4.78 is 21.1. The van der Waals surface area contributed by atoms with Crippen LogP contribution in [-0.2, 0) is 18.0 Å². The second kappa shape index (κ2) is 8.18. The first-order chi connectivity index (χ1) is 7.14. The SMILES string of the molecule is CCC(=S)OCCC[Si](OC)(OC)OC. The number of hydrogen-bond acceptors (Lipinski definition) is 5. The number of rotatable bonds is 8. The van der Waals surface area contributed by atoms with Crippen LogP contribution < -0.4 is 0 Å². The van der Waals surface area contributed by atoms with E-state index in [2.05, 4.69) is 0 Å². The van der Waals surface area contributed by atoms with Gasteiger partial charge >= 0.3 is 8.80 Å². The highest BCUT2D eigenvalue weighted by atomic mass is 32.1.